The Labute approximate surface area is 143 Å². The molecule has 132 valence electrons. The first-order valence-corrected chi connectivity index (χ1v) is 8.90. The van der Waals surface area contributed by atoms with Gasteiger partial charge in [0.1, 0.15) is 10.6 Å². The summed E-state index contributed by atoms with van der Waals surface area (Å²) >= 11 is 0. The number of esters is 1. The van der Waals surface area contributed by atoms with Crippen LogP contribution in [0, 0.1) is 13.8 Å². The Morgan fingerprint density at radius 1 is 1.26 bits per heavy atom. The predicted octanol–water partition coefficient (Wildman–Crippen LogP) is 1.21. The van der Waals surface area contributed by atoms with E-state index in [1.807, 2.05) is 0 Å². The quantitative estimate of drug-likeness (QED) is 0.782. The van der Waals surface area contributed by atoms with Gasteiger partial charge >= 0.3 is 5.97 Å². The number of H-pyrrole nitrogens is 1. The van der Waals surface area contributed by atoms with Crippen LogP contribution in [0.3, 0.4) is 0 Å². The summed E-state index contributed by atoms with van der Waals surface area (Å²) in [4.78, 5) is 15.0. The van der Waals surface area contributed by atoms with Crippen molar-refractivity contribution in [3.63, 3.8) is 0 Å². The largest absolute Gasteiger partial charge is 0.461 e. The van der Waals surface area contributed by atoms with Crippen molar-refractivity contribution in [2.45, 2.75) is 32.1 Å². The molecule has 1 aliphatic rings. The monoisotopic (exact) mass is 365 g/mol. The molecule has 0 saturated carbocycles. The van der Waals surface area contributed by atoms with Crippen LogP contribution in [0.4, 0.5) is 0 Å². The molecule has 0 unspecified atom stereocenters. The number of aromatic nitrogens is 1. The second-order valence-electron chi connectivity index (χ2n) is 5.31. The molecule has 7 nitrogen and oxygen atoms in total. The Bertz CT molecular complexity index is 649. The minimum Gasteiger partial charge on any atom is -0.461 e. The Morgan fingerprint density at radius 3 is 2.61 bits per heavy atom. The van der Waals surface area contributed by atoms with Crippen LogP contribution >= 0.6 is 12.4 Å². The van der Waals surface area contributed by atoms with Crippen LogP contribution in [-0.2, 0) is 14.8 Å². The van der Waals surface area contributed by atoms with Gasteiger partial charge in [0, 0.05) is 30.9 Å². The number of nitrogens with one attached hydrogen (secondary N) is 2. The minimum absolute atomic E-state index is 0. The number of nitrogens with zero attached hydrogens (tertiary/aromatic N) is 1. The van der Waals surface area contributed by atoms with Gasteiger partial charge in [-0.15, -0.1) is 12.4 Å². The lowest BCUT2D eigenvalue weighted by molar-refractivity contribution is 0.0519. The van der Waals surface area contributed by atoms with Crippen LogP contribution < -0.4 is 5.32 Å². The van der Waals surface area contributed by atoms with Crippen LogP contribution in [0.1, 0.15) is 35.1 Å². The second-order valence-corrected chi connectivity index (χ2v) is 7.18. The molecule has 2 rings (SSSR count). The van der Waals surface area contributed by atoms with E-state index in [4.69, 9.17) is 4.74 Å². The molecular formula is C14H24ClN3O4S. The Hall–Kier alpha value is -1.09. The highest BCUT2D eigenvalue weighted by Gasteiger charge is 2.32. The van der Waals surface area contributed by atoms with Crippen molar-refractivity contribution < 1.29 is 17.9 Å². The van der Waals surface area contributed by atoms with Crippen molar-refractivity contribution in [2.75, 3.05) is 32.8 Å². The molecular weight excluding hydrogens is 342 g/mol. The molecule has 1 aromatic rings. The highest BCUT2D eigenvalue weighted by Crippen LogP contribution is 2.27. The van der Waals surface area contributed by atoms with Gasteiger partial charge in [0.25, 0.3) is 0 Å². The van der Waals surface area contributed by atoms with E-state index in [-0.39, 0.29) is 29.6 Å². The van der Waals surface area contributed by atoms with Crippen molar-refractivity contribution in [1.82, 2.24) is 14.6 Å². The summed E-state index contributed by atoms with van der Waals surface area (Å²) < 4.78 is 32.2. The smallest absolute Gasteiger partial charge is 0.355 e. The number of hydrogen-bond acceptors (Lipinski definition) is 5. The van der Waals surface area contributed by atoms with Crippen molar-refractivity contribution in [3.05, 3.63) is 17.0 Å². The van der Waals surface area contributed by atoms with Gasteiger partial charge in [-0.3, -0.25) is 0 Å². The van der Waals surface area contributed by atoms with Gasteiger partial charge in [-0.2, -0.15) is 4.31 Å². The molecule has 0 bridgehead atoms. The van der Waals surface area contributed by atoms with Crippen LogP contribution in [0.5, 0.6) is 0 Å². The van der Waals surface area contributed by atoms with E-state index in [1.165, 1.54) is 4.31 Å². The van der Waals surface area contributed by atoms with E-state index in [2.05, 4.69) is 10.3 Å². The highest BCUT2D eigenvalue weighted by molar-refractivity contribution is 7.89. The van der Waals surface area contributed by atoms with E-state index in [0.29, 0.717) is 30.9 Å². The number of carbonyl (C=O) groups excluding carboxylic acids is 1. The van der Waals surface area contributed by atoms with Crippen molar-refractivity contribution in [3.8, 4) is 0 Å². The molecule has 0 spiro atoms. The maximum absolute atomic E-state index is 12.9. The number of halogens is 1. The third kappa shape index (κ3) is 4.06. The van der Waals surface area contributed by atoms with Gasteiger partial charge in [0.2, 0.25) is 10.0 Å². The molecule has 0 radical (unpaired) electrons. The van der Waals surface area contributed by atoms with E-state index in [0.717, 1.165) is 13.0 Å². The lowest BCUT2D eigenvalue weighted by Crippen LogP contribution is -2.34. The minimum atomic E-state index is -3.62. The molecule has 1 aromatic heterocycles. The van der Waals surface area contributed by atoms with E-state index >= 15 is 0 Å². The number of rotatable bonds is 4. The summed E-state index contributed by atoms with van der Waals surface area (Å²) in [5.41, 5.74) is 1.11. The third-order valence-electron chi connectivity index (χ3n) is 3.75. The number of hydrogen-bond donors (Lipinski definition) is 2. The lowest BCUT2D eigenvalue weighted by atomic mass is 10.2. The average Bonchev–Trinajstić information content (AvgIpc) is 2.66. The first-order valence-electron chi connectivity index (χ1n) is 7.46. The van der Waals surface area contributed by atoms with Crippen LogP contribution in [0.25, 0.3) is 0 Å². The Kier molecular flexibility index (Phi) is 7.06. The first-order chi connectivity index (χ1) is 10.4. The van der Waals surface area contributed by atoms with Crippen molar-refractivity contribution >= 4 is 28.4 Å². The van der Waals surface area contributed by atoms with Crippen molar-refractivity contribution in [1.29, 1.82) is 0 Å². The zero-order valence-electron chi connectivity index (χ0n) is 13.6. The maximum Gasteiger partial charge on any atom is 0.355 e. The first kappa shape index (κ1) is 20.0. The molecule has 2 heterocycles. The van der Waals surface area contributed by atoms with Crippen LogP contribution in [0.2, 0.25) is 0 Å². The standard InChI is InChI=1S/C14H23N3O4S.ClH/c1-4-21-14(18)12-10(2)13(11(3)16-12)22(19,20)17-8-5-6-15-7-9-17;/h15-16H,4-9H2,1-3H3;1H. The fraction of sp³-hybridized carbons (Fsp3) is 0.643. The lowest BCUT2D eigenvalue weighted by Gasteiger charge is -2.20. The summed E-state index contributed by atoms with van der Waals surface area (Å²) in [5.74, 6) is -0.526. The van der Waals surface area contributed by atoms with Gasteiger partial charge in [-0.05, 0) is 33.7 Å². The molecule has 0 aliphatic carbocycles. The molecule has 0 atom stereocenters. The predicted molar refractivity (Wildman–Crippen MR) is 89.7 cm³/mol. The Morgan fingerprint density at radius 2 is 1.96 bits per heavy atom. The topological polar surface area (TPSA) is 91.5 Å². The zero-order valence-corrected chi connectivity index (χ0v) is 15.3. The van der Waals surface area contributed by atoms with Crippen LogP contribution in [0.15, 0.2) is 4.90 Å². The third-order valence-corrected chi connectivity index (χ3v) is 5.92. The number of carbonyl (C=O) groups is 1. The molecule has 9 heteroatoms. The van der Waals surface area contributed by atoms with Gasteiger partial charge in [0.05, 0.1) is 6.61 Å². The normalized spacial score (nSPS) is 16.5. The fourth-order valence-corrected chi connectivity index (χ4v) is 4.60. The maximum atomic E-state index is 12.9. The molecule has 1 aliphatic heterocycles. The Balaban J connectivity index is 0.00000264. The van der Waals surface area contributed by atoms with E-state index in [9.17, 15) is 13.2 Å². The SMILES string of the molecule is CCOC(=O)c1[nH]c(C)c(S(=O)(=O)N2CCCNCC2)c1C.Cl. The number of ether oxygens (including phenoxy) is 1. The average molecular weight is 366 g/mol. The second kappa shape index (κ2) is 8.14. The van der Waals surface area contributed by atoms with Gasteiger partial charge in [-0.1, -0.05) is 0 Å². The molecule has 1 saturated heterocycles. The zero-order chi connectivity index (χ0) is 16.3. The molecule has 23 heavy (non-hydrogen) atoms. The highest BCUT2D eigenvalue weighted by atomic mass is 35.5. The van der Waals surface area contributed by atoms with E-state index in [1.54, 1.807) is 20.8 Å². The molecule has 2 N–H and O–H groups in total. The number of aromatic amines is 1. The summed E-state index contributed by atoms with van der Waals surface area (Å²) in [5, 5.41) is 3.18. The van der Waals surface area contributed by atoms with E-state index < -0.39 is 16.0 Å². The molecule has 0 amide bonds. The fourth-order valence-electron chi connectivity index (χ4n) is 2.72. The number of aryl methyl sites for hydroxylation is 1. The molecule has 1 fully saturated rings. The molecule has 0 aromatic carbocycles. The summed E-state index contributed by atoms with van der Waals surface area (Å²) in [6.45, 7) is 7.62. The summed E-state index contributed by atoms with van der Waals surface area (Å²) in [7, 11) is -3.62. The van der Waals surface area contributed by atoms with Gasteiger partial charge in [0.15, 0.2) is 0 Å². The van der Waals surface area contributed by atoms with Gasteiger partial charge < -0.3 is 15.0 Å². The van der Waals surface area contributed by atoms with Crippen LogP contribution in [-0.4, -0.2) is 56.5 Å². The van der Waals surface area contributed by atoms with Crippen molar-refractivity contribution in [2.24, 2.45) is 0 Å². The van der Waals surface area contributed by atoms with Gasteiger partial charge in [-0.25, -0.2) is 13.2 Å². The summed E-state index contributed by atoms with van der Waals surface area (Å²) in [6, 6.07) is 0. The number of sulfonamides is 1. The summed E-state index contributed by atoms with van der Waals surface area (Å²) in [6.07, 6.45) is 0.770.